The zero-order valence-electron chi connectivity index (χ0n) is 28.6. The van der Waals surface area contributed by atoms with E-state index in [0.717, 1.165) is 6.08 Å². The standard InChI is InChI=1S/C31H47N3O14S2/c1-8-12-33-26-21-13-17(2)14-25(45-7)27(35)19(4)15-20(5)28(46-31(32)37)23(44-6)11-9-10-18(3)30(36)34-22(29(21)48-50(41,42)43)16-24(26)47-49(38,39)40/h8-11,15-17,19,23-25,27-29,33,35H,1,12-14H2,2-7H3,(H2,32,37)(H,34,36)(H,38,39,40)(H,41,42,43)/b11-9-,18-10+,20-15+/t17-,19+,23+,24?,25+,27-,28+,29?/m1/s1. The van der Waals surface area contributed by atoms with E-state index in [1.807, 2.05) is 0 Å². The molecule has 0 aromatic carbocycles. The number of nitrogens with one attached hydrogen (secondary N) is 2. The Morgan fingerprint density at radius 3 is 2.28 bits per heavy atom. The van der Waals surface area contributed by atoms with E-state index in [-0.39, 0.29) is 41.9 Å². The number of aliphatic hydroxyl groups excluding tert-OH is 1. The summed E-state index contributed by atoms with van der Waals surface area (Å²) in [5.74, 6) is -1.89. The summed E-state index contributed by atoms with van der Waals surface area (Å²) < 4.78 is 94.0. The number of carbonyl (C=O) groups is 2. The highest BCUT2D eigenvalue weighted by molar-refractivity contribution is 7.81. The molecule has 0 aromatic heterocycles. The summed E-state index contributed by atoms with van der Waals surface area (Å²) in [4.78, 5) is 25.2. The highest BCUT2D eigenvalue weighted by Gasteiger charge is 2.39. The van der Waals surface area contributed by atoms with Gasteiger partial charge in [-0.2, -0.15) is 16.8 Å². The lowest BCUT2D eigenvalue weighted by molar-refractivity contribution is -0.117. The molecule has 19 heteroatoms. The van der Waals surface area contributed by atoms with Gasteiger partial charge in [0.1, 0.15) is 18.3 Å². The zero-order chi connectivity index (χ0) is 38.0. The number of nitrogens with two attached hydrogens (primary N) is 1. The SMILES string of the molecule is C=CCNC1=C2C[C@@H](C)C[C@H](OC)[C@H](O)[C@@H](C)/C=C(\C)[C@H](OC(N)=O)[C@@H](OC)/C=C\C=C(/C)C(=O)NC(=CC1OS(=O)(=O)O)C2OS(=O)(=O)O. The topological polar surface area (TPSA) is 259 Å². The van der Waals surface area contributed by atoms with E-state index in [1.54, 1.807) is 26.8 Å². The van der Waals surface area contributed by atoms with Crippen LogP contribution in [0.15, 0.2) is 71.1 Å². The van der Waals surface area contributed by atoms with E-state index in [9.17, 15) is 40.6 Å². The highest BCUT2D eigenvalue weighted by atomic mass is 32.3. The zero-order valence-corrected chi connectivity index (χ0v) is 30.3. The van der Waals surface area contributed by atoms with Gasteiger partial charge in [-0.15, -0.1) is 6.58 Å². The first-order valence-corrected chi connectivity index (χ1v) is 18.1. The normalized spacial score (nSPS) is 32.0. The van der Waals surface area contributed by atoms with Crippen molar-refractivity contribution in [2.75, 3.05) is 20.8 Å². The Morgan fingerprint density at radius 1 is 1.10 bits per heavy atom. The quantitative estimate of drug-likeness (QED) is 0.137. The second kappa shape index (κ2) is 18.7. The highest BCUT2D eigenvalue weighted by Crippen LogP contribution is 2.35. The second-order valence-corrected chi connectivity index (χ2v) is 14.0. The second-order valence-electron chi connectivity index (χ2n) is 11.9. The van der Waals surface area contributed by atoms with Crippen LogP contribution in [0.4, 0.5) is 4.79 Å². The fourth-order valence-electron chi connectivity index (χ4n) is 5.64. The Kier molecular flexibility index (Phi) is 16.0. The van der Waals surface area contributed by atoms with Gasteiger partial charge >= 0.3 is 26.9 Å². The van der Waals surface area contributed by atoms with Crippen LogP contribution in [0.3, 0.4) is 0 Å². The molecule has 0 saturated heterocycles. The van der Waals surface area contributed by atoms with Gasteiger partial charge in [0.15, 0.2) is 6.10 Å². The van der Waals surface area contributed by atoms with Crippen molar-refractivity contribution >= 4 is 32.8 Å². The minimum Gasteiger partial charge on any atom is -0.439 e. The molecule has 2 unspecified atom stereocenters. The Balaban J connectivity index is 2.88. The molecule has 1 aliphatic heterocycles. The third kappa shape index (κ3) is 13.1. The number of hydrogen-bond donors (Lipinski definition) is 6. The maximum Gasteiger partial charge on any atom is 0.405 e. The molecule has 0 aromatic rings. The molecule has 8 atom stereocenters. The first kappa shape index (κ1) is 42.8. The van der Waals surface area contributed by atoms with Crippen LogP contribution in [0.1, 0.15) is 40.5 Å². The number of hydrogen-bond acceptors (Lipinski definition) is 13. The van der Waals surface area contributed by atoms with Crippen LogP contribution < -0.4 is 16.4 Å². The molecule has 0 radical (unpaired) electrons. The van der Waals surface area contributed by atoms with Crippen LogP contribution in [0.25, 0.3) is 0 Å². The summed E-state index contributed by atoms with van der Waals surface area (Å²) in [5.41, 5.74) is 5.49. The number of rotatable bonds is 10. The Labute approximate surface area is 292 Å². The van der Waals surface area contributed by atoms with Crippen LogP contribution in [0.2, 0.25) is 0 Å². The molecule has 1 heterocycles. The summed E-state index contributed by atoms with van der Waals surface area (Å²) in [6, 6.07) is 0. The van der Waals surface area contributed by atoms with Crippen LogP contribution in [-0.2, 0) is 48.2 Å². The lowest BCUT2D eigenvalue weighted by Gasteiger charge is -2.35. The maximum absolute atomic E-state index is 13.4. The third-order valence-electron chi connectivity index (χ3n) is 7.92. The van der Waals surface area contributed by atoms with Gasteiger partial charge in [-0.05, 0) is 49.8 Å². The van der Waals surface area contributed by atoms with Gasteiger partial charge in [-0.1, -0.05) is 44.2 Å². The van der Waals surface area contributed by atoms with Crippen molar-refractivity contribution in [1.29, 1.82) is 0 Å². The average molecular weight is 750 g/mol. The molecule has 0 saturated carbocycles. The van der Waals surface area contributed by atoms with Gasteiger partial charge in [-0.3, -0.25) is 13.9 Å². The molecular weight excluding hydrogens is 702 g/mol. The molecule has 17 nitrogen and oxygen atoms in total. The molecule has 7 N–H and O–H groups in total. The molecule has 2 amide bonds. The number of primary amides is 1. The molecular formula is C31H47N3O14S2. The molecule has 2 bridgehead atoms. The largest absolute Gasteiger partial charge is 0.439 e. The van der Waals surface area contributed by atoms with Gasteiger partial charge < -0.3 is 35.7 Å². The van der Waals surface area contributed by atoms with Crippen LogP contribution in [0.5, 0.6) is 0 Å². The van der Waals surface area contributed by atoms with E-state index in [4.69, 9.17) is 28.3 Å². The van der Waals surface area contributed by atoms with Crippen molar-refractivity contribution in [2.24, 2.45) is 17.6 Å². The van der Waals surface area contributed by atoms with Crippen LogP contribution in [0, 0.1) is 11.8 Å². The maximum atomic E-state index is 13.4. The van der Waals surface area contributed by atoms with Crippen molar-refractivity contribution in [2.45, 2.75) is 77.2 Å². The number of allylic oxidation sites excluding steroid dienone is 2. The number of amides is 2. The Morgan fingerprint density at radius 2 is 1.74 bits per heavy atom. The molecule has 50 heavy (non-hydrogen) atoms. The van der Waals surface area contributed by atoms with E-state index in [1.165, 1.54) is 45.4 Å². The van der Waals surface area contributed by atoms with Crippen LogP contribution in [-0.4, -0.2) is 100 Å². The summed E-state index contributed by atoms with van der Waals surface area (Å²) >= 11 is 0. The minimum atomic E-state index is -5.21. The van der Waals surface area contributed by atoms with Gasteiger partial charge in [0.05, 0.1) is 17.9 Å². The van der Waals surface area contributed by atoms with Crippen molar-refractivity contribution in [3.8, 4) is 0 Å². The van der Waals surface area contributed by atoms with Crippen molar-refractivity contribution in [3.63, 3.8) is 0 Å². The number of carbonyl (C=O) groups excluding carboxylic acids is 2. The van der Waals surface area contributed by atoms with E-state index in [0.29, 0.717) is 5.57 Å². The average Bonchev–Trinajstić information content (AvgIpc) is 3.00. The molecule has 2 rings (SSSR count). The summed E-state index contributed by atoms with van der Waals surface area (Å²) in [6.07, 6.45) is 0.0388. The molecule has 2 aliphatic rings. The first-order chi connectivity index (χ1) is 23.2. The third-order valence-corrected chi connectivity index (χ3v) is 8.80. The van der Waals surface area contributed by atoms with Crippen LogP contribution >= 0.6 is 0 Å². The van der Waals surface area contributed by atoms with Crippen molar-refractivity contribution in [1.82, 2.24) is 10.6 Å². The molecule has 0 fully saturated rings. The Hall–Kier alpha value is -3.40. The predicted octanol–water partition coefficient (Wildman–Crippen LogP) is 1.78. The number of ether oxygens (including phenoxy) is 3. The summed E-state index contributed by atoms with van der Waals surface area (Å²) in [7, 11) is -7.60. The van der Waals surface area contributed by atoms with E-state index >= 15 is 0 Å². The molecule has 1 aliphatic carbocycles. The summed E-state index contributed by atoms with van der Waals surface area (Å²) in [6.45, 7) is 10.1. The van der Waals surface area contributed by atoms with Gasteiger partial charge in [-0.25, -0.2) is 13.2 Å². The number of aliphatic hydroxyl groups is 1. The fourth-order valence-corrected chi connectivity index (χ4v) is 6.52. The van der Waals surface area contributed by atoms with Crippen molar-refractivity contribution < 1.29 is 63.2 Å². The Bertz CT molecular complexity index is 1620. The van der Waals surface area contributed by atoms with Gasteiger partial charge in [0.2, 0.25) is 0 Å². The van der Waals surface area contributed by atoms with E-state index in [2.05, 4.69) is 17.2 Å². The first-order valence-electron chi connectivity index (χ1n) is 15.4. The minimum absolute atomic E-state index is 0.00635. The summed E-state index contributed by atoms with van der Waals surface area (Å²) in [5, 5.41) is 16.7. The molecule has 282 valence electrons. The van der Waals surface area contributed by atoms with E-state index < -0.39 is 81.3 Å². The number of methoxy groups -OCH3 is 2. The number of fused-ring (bicyclic) bond motifs is 2. The van der Waals surface area contributed by atoms with Crippen molar-refractivity contribution in [3.05, 3.63) is 71.1 Å². The lowest BCUT2D eigenvalue weighted by atomic mass is 9.84. The predicted molar refractivity (Wildman–Crippen MR) is 181 cm³/mol. The van der Waals surface area contributed by atoms with Gasteiger partial charge in [0.25, 0.3) is 5.91 Å². The lowest BCUT2D eigenvalue weighted by Crippen LogP contribution is -2.43. The smallest absolute Gasteiger partial charge is 0.405 e. The molecule has 0 spiro atoms. The monoisotopic (exact) mass is 749 g/mol. The van der Waals surface area contributed by atoms with Gasteiger partial charge in [0, 0.05) is 38.0 Å². The fraction of sp³-hybridized carbons (Fsp3) is 0.548.